The molecule has 0 atom stereocenters. The predicted molar refractivity (Wildman–Crippen MR) is 157 cm³/mol. The van der Waals surface area contributed by atoms with Gasteiger partial charge in [0, 0.05) is 0 Å². The molecule has 1 aliphatic carbocycles. The third kappa shape index (κ3) is 12.7. The Morgan fingerprint density at radius 1 is 0.605 bits per heavy atom. The molecule has 0 N–H and O–H groups in total. The highest BCUT2D eigenvalue weighted by molar-refractivity contribution is 5.27. The average Bonchev–Trinajstić information content (AvgIpc) is 2.95. The van der Waals surface area contributed by atoms with E-state index in [1.54, 1.807) is 0 Å². The predicted octanol–water partition coefficient (Wildman–Crippen LogP) is 9.63. The lowest BCUT2D eigenvalue weighted by molar-refractivity contribution is -0.219. The van der Waals surface area contributed by atoms with Gasteiger partial charge in [-0.25, -0.2) is 0 Å². The van der Waals surface area contributed by atoms with Crippen molar-refractivity contribution in [3.8, 4) is 11.5 Å². The van der Waals surface area contributed by atoms with Gasteiger partial charge in [-0.1, -0.05) is 89.5 Å². The molecule has 2 aromatic carbocycles. The lowest BCUT2D eigenvalue weighted by atomic mass is 9.88. The monoisotopic (exact) mass is 524 g/mol. The van der Waals surface area contributed by atoms with Crippen molar-refractivity contribution in [2.24, 2.45) is 5.92 Å². The van der Waals surface area contributed by atoms with Gasteiger partial charge in [0.15, 0.2) is 12.5 Å². The van der Waals surface area contributed by atoms with Crippen LogP contribution in [0.2, 0.25) is 0 Å². The number of aryl methyl sites for hydroxylation is 2. The molecule has 0 unspecified atom stereocenters. The standard InChI is InChI=1S/C34H52O4/c1-3-5-7-9-11-13-29-15-21-32(22-16-29)35-28-36-33-23-19-31(20-24-33)27-37-38-34-25-17-30(18-26-34)14-12-10-8-6-4-2/h15-18,21-22,25-26,31,33H,3-14,19-20,23-24,27-28H2,1-2H3. The number of hydrogen-bond acceptors (Lipinski definition) is 4. The first-order valence-corrected chi connectivity index (χ1v) is 15.5. The normalized spacial score (nSPS) is 17.4. The molecule has 0 spiro atoms. The van der Waals surface area contributed by atoms with Crippen LogP contribution < -0.4 is 9.62 Å². The van der Waals surface area contributed by atoms with Crippen LogP contribution in [0.15, 0.2) is 48.5 Å². The minimum Gasteiger partial charge on any atom is -0.468 e. The molecule has 38 heavy (non-hydrogen) atoms. The number of benzene rings is 2. The minimum atomic E-state index is 0.268. The maximum Gasteiger partial charge on any atom is 0.189 e. The van der Waals surface area contributed by atoms with E-state index < -0.39 is 0 Å². The van der Waals surface area contributed by atoms with Crippen LogP contribution in [0, 0.1) is 5.92 Å². The topological polar surface area (TPSA) is 36.9 Å². The third-order valence-electron chi connectivity index (χ3n) is 7.77. The van der Waals surface area contributed by atoms with E-state index in [-0.39, 0.29) is 6.10 Å². The summed E-state index contributed by atoms with van der Waals surface area (Å²) in [7, 11) is 0. The highest BCUT2D eigenvalue weighted by Crippen LogP contribution is 2.27. The maximum atomic E-state index is 6.01. The molecule has 0 saturated heterocycles. The Hall–Kier alpha value is -2.04. The highest BCUT2D eigenvalue weighted by Gasteiger charge is 2.22. The molecule has 1 saturated carbocycles. The second-order valence-electron chi connectivity index (χ2n) is 11.1. The minimum absolute atomic E-state index is 0.268. The maximum absolute atomic E-state index is 6.01. The van der Waals surface area contributed by atoms with Crippen molar-refractivity contribution >= 4 is 0 Å². The molecule has 0 radical (unpaired) electrons. The SMILES string of the molecule is CCCCCCCc1ccc(OCOC2CCC(COOc3ccc(CCCCCCC)cc3)CC2)cc1. The number of hydrogen-bond donors (Lipinski definition) is 0. The first kappa shape index (κ1) is 30.5. The summed E-state index contributed by atoms with van der Waals surface area (Å²) < 4.78 is 11.8. The van der Waals surface area contributed by atoms with Gasteiger partial charge >= 0.3 is 0 Å². The smallest absolute Gasteiger partial charge is 0.189 e. The molecule has 0 aliphatic heterocycles. The van der Waals surface area contributed by atoms with Gasteiger partial charge in [0.05, 0.1) is 12.7 Å². The zero-order valence-electron chi connectivity index (χ0n) is 24.1. The van der Waals surface area contributed by atoms with E-state index in [9.17, 15) is 0 Å². The second kappa shape index (κ2) is 19.1. The molecule has 0 amide bonds. The van der Waals surface area contributed by atoms with E-state index in [1.165, 1.54) is 75.3 Å². The van der Waals surface area contributed by atoms with E-state index in [0.29, 0.717) is 19.3 Å². The zero-order chi connectivity index (χ0) is 26.7. The lowest BCUT2D eigenvalue weighted by Gasteiger charge is -2.27. The summed E-state index contributed by atoms with van der Waals surface area (Å²) in [6, 6.07) is 16.9. The van der Waals surface area contributed by atoms with Crippen LogP contribution in [-0.2, 0) is 22.5 Å². The van der Waals surface area contributed by atoms with Gasteiger partial charge in [-0.3, -0.25) is 0 Å². The van der Waals surface area contributed by atoms with E-state index in [4.69, 9.17) is 19.2 Å². The summed E-state index contributed by atoms with van der Waals surface area (Å²) in [6.07, 6.45) is 20.0. The molecule has 0 aromatic heterocycles. The van der Waals surface area contributed by atoms with E-state index in [2.05, 4.69) is 50.2 Å². The van der Waals surface area contributed by atoms with Gasteiger partial charge in [-0.15, -0.1) is 0 Å². The van der Waals surface area contributed by atoms with E-state index >= 15 is 0 Å². The molecule has 1 fully saturated rings. The molecule has 3 rings (SSSR count). The van der Waals surface area contributed by atoms with Gasteiger partial charge < -0.3 is 14.4 Å². The average molecular weight is 525 g/mol. The molecule has 212 valence electrons. The molecule has 4 nitrogen and oxygen atoms in total. The van der Waals surface area contributed by atoms with Crippen molar-refractivity contribution in [2.75, 3.05) is 13.4 Å². The van der Waals surface area contributed by atoms with E-state index in [0.717, 1.165) is 50.0 Å². The van der Waals surface area contributed by atoms with Crippen molar-refractivity contribution in [2.45, 2.75) is 123 Å². The summed E-state index contributed by atoms with van der Waals surface area (Å²) in [4.78, 5) is 11.1. The van der Waals surface area contributed by atoms with Gasteiger partial charge in [0.1, 0.15) is 5.75 Å². The Labute approximate surface area is 232 Å². The van der Waals surface area contributed by atoms with Crippen LogP contribution >= 0.6 is 0 Å². The molecule has 0 bridgehead atoms. The Morgan fingerprint density at radius 2 is 1.13 bits per heavy atom. The Bertz CT molecular complexity index is 753. The van der Waals surface area contributed by atoms with Crippen molar-refractivity contribution in [3.63, 3.8) is 0 Å². The van der Waals surface area contributed by atoms with Crippen LogP contribution in [-0.4, -0.2) is 19.5 Å². The summed E-state index contributed by atoms with van der Waals surface area (Å²) in [5.74, 6) is 2.19. The van der Waals surface area contributed by atoms with Gasteiger partial charge in [0.2, 0.25) is 0 Å². The van der Waals surface area contributed by atoms with Crippen LogP contribution in [0.3, 0.4) is 0 Å². The van der Waals surface area contributed by atoms with Crippen LogP contribution in [0.25, 0.3) is 0 Å². The third-order valence-corrected chi connectivity index (χ3v) is 7.77. The fourth-order valence-electron chi connectivity index (χ4n) is 5.19. The van der Waals surface area contributed by atoms with E-state index in [1.807, 2.05) is 12.1 Å². The Kier molecular flexibility index (Phi) is 15.3. The second-order valence-corrected chi connectivity index (χ2v) is 11.1. The number of unbranched alkanes of at least 4 members (excludes halogenated alkanes) is 8. The Balaban J connectivity index is 1.20. The first-order chi connectivity index (χ1) is 18.8. The Morgan fingerprint density at radius 3 is 1.68 bits per heavy atom. The summed E-state index contributed by atoms with van der Waals surface area (Å²) in [5, 5.41) is 0. The fraction of sp³-hybridized carbons (Fsp3) is 0.647. The summed E-state index contributed by atoms with van der Waals surface area (Å²) in [5.41, 5.74) is 2.77. The molecule has 0 heterocycles. The quantitative estimate of drug-likeness (QED) is 0.0747. The van der Waals surface area contributed by atoms with Crippen LogP contribution in [0.4, 0.5) is 0 Å². The van der Waals surface area contributed by atoms with Gasteiger partial charge in [0.25, 0.3) is 0 Å². The lowest BCUT2D eigenvalue weighted by Crippen LogP contribution is -2.25. The largest absolute Gasteiger partial charge is 0.468 e. The molecule has 4 heteroatoms. The van der Waals surface area contributed by atoms with Crippen LogP contribution in [0.5, 0.6) is 11.5 Å². The van der Waals surface area contributed by atoms with Gasteiger partial charge in [-0.2, -0.15) is 4.89 Å². The van der Waals surface area contributed by atoms with Crippen molar-refractivity contribution in [1.29, 1.82) is 0 Å². The summed E-state index contributed by atoms with van der Waals surface area (Å²) in [6.45, 7) is 5.47. The summed E-state index contributed by atoms with van der Waals surface area (Å²) >= 11 is 0. The van der Waals surface area contributed by atoms with Crippen molar-refractivity contribution in [1.82, 2.24) is 0 Å². The van der Waals surface area contributed by atoms with Crippen molar-refractivity contribution in [3.05, 3.63) is 59.7 Å². The van der Waals surface area contributed by atoms with Crippen LogP contribution in [0.1, 0.15) is 115 Å². The van der Waals surface area contributed by atoms with Gasteiger partial charge in [-0.05, 0) is 92.7 Å². The fourth-order valence-corrected chi connectivity index (χ4v) is 5.19. The van der Waals surface area contributed by atoms with Crippen molar-refractivity contribution < 1.29 is 19.2 Å². The molecule has 2 aromatic rings. The molecule has 1 aliphatic rings. The molecular formula is C34H52O4. The zero-order valence-corrected chi connectivity index (χ0v) is 24.1. The number of ether oxygens (including phenoxy) is 2. The first-order valence-electron chi connectivity index (χ1n) is 15.5. The molecular weight excluding hydrogens is 472 g/mol. The number of rotatable bonds is 20. The highest BCUT2D eigenvalue weighted by atomic mass is 17.2.